The number of halogens is 2. The summed E-state index contributed by atoms with van der Waals surface area (Å²) in [6.07, 6.45) is 1.38. The second-order valence-electron chi connectivity index (χ2n) is 6.32. The van der Waals surface area contributed by atoms with E-state index in [1.54, 1.807) is 36.4 Å². The number of carbonyl (C=O) groups excluding carboxylic acids is 2. The first-order valence-electron chi connectivity index (χ1n) is 9.31. The molecule has 0 aliphatic carbocycles. The zero-order valence-corrected chi connectivity index (χ0v) is 17.6. The monoisotopic (exact) mass is 456 g/mol. The largest absolute Gasteiger partial charge is 0.493 e. The fourth-order valence-electron chi connectivity index (χ4n) is 2.54. The Kier molecular flexibility index (Phi) is 7.77. The Morgan fingerprint density at radius 2 is 1.84 bits per heavy atom. The van der Waals surface area contributed by atoms with Crippen LogP contribution >= 0.6 is 11.6 Å². The fourth-order valence-corrected chi connectivity index (χ4v) is 2.73. The number of hydrogen-bond donors (Lipinski definition) is 1. The van der Waals surface area contributed by atoms with E-state index >= 15 is 0 Å². The Morgan fingerprint density at radius 3 is 2.59 bits per heavy atom. The van der Waals surface area contributed by atoms with Gasteiger partial charge in [-0.05, 0) is 54.1 Å². The van der Waals surface area contributed by atoms with E-state index in [2.05, 4.69) is 10.5 Å². The van der Waals surface area contributed by atoms with Crippen molar-refractivity contribution < 1.29 is 28.2 Å². The van der Waals surface area contributed by atoms with Crippen molar-refractivity contribution in [3.05, 3.63) is 88.7 Å². The smallest absolute Gasteiger partial charge is 0.343 e. The summed E-state index contributed by atoms with van der Waals surface area (Å²) in [5, 5.41) is 4.25. The van der Waals surface area contributed by atoms with Crippen molar-refractivity contribution >= 4 is 29.7 Å². The lowest BCUT2D eigenvalue weighted by molar-refractivity contribution is -0.123. The summed E-state index contributed by atoms with van der Waals surface area (Å²) >= 11 is 5.96. The van der Waals surface area contributed by atoms with Gasteiger partial charge >= 0.3 is 5.97 Å². The van der Waals surface area contributed by atoms with Gasteiger partial charge < -0.3 is 14.2 Å². The number of nitrogens with one attached hydrogen (secondary N) is 1. The van der Waals surface area contributed by atoms with Crippen molar-refractivity contribution in [2.75, 3.05) is 13.7 Å². The molecule has 0 fully saturated rings. The highest BCUT2D eigenvalue weighted by Gasteiger charge is 2.13. The Hall–Kier alpha value is -3.91. The Balaban J connectivity index is 1.58. The van der Waals surface area contributed by atoms with E-state index in [0.29, 0.717) is 16.3 Å². The zero-order valence-electron chi connectivity index (χ0n) is 16.9. The fraction of sp³-hybridized carbons (Fsp3) is 0.0870. The molecule has 164 valence electrons. The van der Waals surface area contributed by atoms with E-state index < -0.39 is 17.7 Å². The van der Waals surface area contributed by atoms with Gasteiger partial charge in [-0.25, -0.2) is 14.6 Å². The van der Waals surface area contributed by atoms with E-state index in [-0.39, 0.29) is 23.7 Å². The highest BCUT2D eigenvalue weighted by atomic mass is 35.5. The van der Waals surface area contributed by atoms with E-state index in [1.165, 1.54) is 37.6 Å². The number of esters is 1. The molecule has 0 aliphatic heterocycles. The predicted octanol–water partition coefficient (Wildman–Crippen LogP) is 4.24. The minimum Gasteiger partial charge on any atom is -0.493 e. The minimum absolute atomic E-state index is 0.0689. The third-order valence-electron chi connectivity index (χ3n) is 4.05. The molecule has 3 aromatic rings. The molecule has 9 heteroatoms. The molecule has 7 nitrogen and oxygen atoms in total. The highest BCUT2D eigenvalue weighted by molar-refractivity contribution is 6.32. The molecule has 3 aromatic carbocycles. The summed E-state index contributed by atoms with van der Waals surface area (Å²) in [4.78, 5) is 24.1. The lowest BCUT2D eigenvalue weighted by atomic mass is 10.2. The number of ether oxygens (including phenoxy) is 3. The molecule has 0 atom stereocenters. The second-order valence-corrected chi connectivity index (χ2v) is 6.73. The van der Waals surface area contributed by atoms with Gasteiger partial charge in [-0.1, -0.05) is 29.8 Å². The molecule has 0 aromatic heterocycles. The van der Waals surface area contributed by atoms with Crippen LogP contribution in [0.15, 0.2) is 71.8 Å². The number of para-hydroxylation sites is 1. The topological polar surface area (TPSA) is 86.2 Å². The van der Waals surface area contributed by atoms with Gasteiger partial charge in [-0.15, -0.1) is 0 Å². The van der Waals surface area contributed by atoms with Crippen molar-refractivity contribution in [3.8, 4) is 17.2 Å². The molecule has 0 heterocycles. The molecule has 32 heavy (non-hydrogen) atoms. The predicted molar refractivity (Wildman–Crippen MR) is 117 cm³/mol. The molecule has 1 amide bonds. The lowest BCUT2D eigenvalue weighted by Crippen LogP contribution is -2.24. The molecular weight excluding hydrogens is 439 g/mol. The minimum atomic E-state index is -0.727. The number of hydrogen-bond acceptors (Lipinski definition) is 6. The van der Waals surface area contributed by atoms with Crippen LogP contribution < -0.4 is 19.6 Å². The average molecular weight is 457 g/mol. The number of rotatable bonds is 8. The van der Waals surface area contributed by atoms with Crippen LogP contribution in [-0.2, 0) is 4.79 Å². The number of carbonyl (C=O) groups is 2. The summed E-state index contributed by atoms with van der Waals surface area (Å²) in [5.74, 6) is -0.953. The highest BCUT2D eigenvalue weighted by Crippen LogP contribution is 2.28. The summed E-state index contributed by atoms with van der Waals surface area (Å²) in [7, 11) is 1.41. The van der Waals surface area contributed by atoms with Gasteiger partial charge in [-0.2, -0.15) is 5.10 Å². The zero-order chi connectivity index (χ0) is 22.9. The Bertz CT molecular complexity index is 1150. The molecule has 0 unspecified atom stereocenters. The number of methoxy groups -OCH3 is 1. The first kappa shape index (κ1) is 22.8. The van der Waals surface area contributed by atoms with Crippen molar-refractivity contribution in [2.45, 2.75) is 0 Å². The number of hydrazone groups is 1. The summed E-state index contributed by atoms with van der Waals surface area (Å²) < 4.78 is 29.2. The molecule has 0 bridgehead atoms. The molecule has 0 aliphatic rings. The molecule has 0 spiro atoms. The molecule has 1 N–H and O–H groups in total. The van der Waals surface area contributed by atoms with Crippen LogP contribution in [-0.4, -0.2) is 31.8 Å². The Labute approximate surface area is 188 Å². The maximum Gasteiger partial charge on any atom is 0.343 e. The maximum atomic E-state index is 13.3. The number of amides is 1. The normalized spacial score (nSPS) is 10.6. The third kappa shape index (κ3) is 6.29. The van der Waals surface area contributed by atoms with E-state index in [0.717, 1.165) is 6.07 Å². The molecule has 0 saturated heterocycles. The standard InChI is InChI=1S/C23H18ClFN2O5/c1-30-21-11-15(9-10-20(21)32-23(29)16-5-4-6-17(25)12-16)13-26-27-22(28)14-31-19-8-3-2-7-18(19)24/h2-13H,14H2,1H3,(H,27,28). The van der Waals surface area contributed by atoms with Gasteiger partial charge in [-0.3, -0.25) is 4.79 Å². The molecule has 0 saturated carbocycles. The summed E-state index contributed by atoms with van der Waals surface area (Å²) in [6, 6.07) is 16.6. The van der Waals surface area contributed by atoms with Crippen LogP contribution in [0.25, 0.3) is 0 Å². The summed E-state index contributed by atoms with van der Waals surface area (Å²) in [6.45, 7) is -0.265. The van der Waals surface area contributed by atoms with E-state index in [1.807, 2.05) is 0 Å². The third-order valence-corrected chi connectivity index (χ3v) is 4.36. The SMILES string of the molecule is COc1cc(C=NNC(=O)COc2ccccc2Cl)ccc1OC(=O)c1cccc(F)c1. The van der Waals surface area contributed by atoms with Crippen LogP contribution in [0.3, 0.4) is 0 Å². The van der Waals surface area contributed by atoms with Crippen LogP contribution in [0.1, 0.15) is 15.9 Å². The van der Waals surface area contributed by atoms with Gasteiger partial charge in [0.15, 0.2) is 18.1 Å². The summed E-state index contributed by atoms with van der Waals surface area (Å²) in [5.41, 5.74) is 2.97. The molecule has 0 radical (unpaired) electrons. The Morgan fingerprint density at radius 1 is 1.03 bits per heavy atom. The van der Waals surface area contributed by atoms with Crippen LogP contribution in [0.4, 0.5) is 4.39 Å². The second kappa shape index (κ2) is 10.9. The van der Waals surface area contributed by atoms with E-state index in [9.17, 15) is 14.0 Å². The number of benzene rings is 3. The van der Waals surface area contributed by atoms with E-state index in [4.69, 9.17) is 25.8 Å². The van der Waals surface area contributed by atoms with Crippen LogP contribution in [0, 0.1) is 5.82 Å². The van der Waals surface area contributed by atoms with Gasteiger partial charge in [0.05, 0.1) is 23.9 Å². The van der Waals surface area contributed by atoms with Gasteiger partial charge in [0.2, 0.25) is 0 Å². The van der Waals surface area contributed by atoms with Gasteiger partial charge in [0.25, 0.3) is 5.91 Å². The number of nitrogens with zero attached hydrogens (tertiary/aromatic N) is 1. The lowest BCUT2D eigenvalue weighted by Gasteiger charge is -2.10. The van der Waals surface area contributed by atoms with Crippen molar-refractivity contribution in [1.82, 2.24) is 5.43 Å². The molecule has 3 rings (SSSR count). The quantitative estimate of drug-likeness (QED) is 0.237. The van der Waals surface area contributed by atoms with Gasteiger partial charge in [0, 0.05) is 0 Å². The van der Waals surface area contributed by atoms with Crippen LogP contribution in [0.5, 0.6) is 17.2 Å². The average Bonchev–Trinajstić information content (AvgIpc) is 2.79. The van der Waals surface area contributed by atoms with Crippen molar-refractivity contribution in [1.29, 1.82) is 0 Å². The first-order chi connectivity index (χ1) is 15.5. The van der Waals surface area contributed by atoms with Gasteiger partial charge in [0.1, 0.15) is 11.6 Å². The maximum absolute atomic E-state index is 13.3. The van der Waals surface area contributed by atoms with Crippen molar-refractivity contribution in [3.63, 3.8) is 0 Å². The molecular formula is C23H18ClFN2O5. The van der Waals surface area contributed by atoms with Crippen molar-refractivity contribution in [2.24, 2.45) is 5.10 Å². The van der Waals surface area contributed by atoms with Crippen LogP contribution in [0.2, 0.25) is 5.02 Å². The first-order valence-corrected chi connectivity index (χ1v) is 9.69.